The van der Waals surface area contributed by atoms with Crippen LogP contribution in [0.5, 0.6) is 0 Å². The molecule has 1 aliphatic rings. The van der Waals surface area contributed by atoms with Crippen molar-refractivity contribution in [2.24, 2.45) is 5.41 Å². The van der Waals surface area contributed by atoms with Gasteiger partial charge in [-0.2, -0.15) is 12.6 Å². The van der Waals surface area contributed by atoms with E-state index in [0.29, 0.717) is 11.0 Å². The Hall–Kier alpha value is 0.310. The minimum Gasteiger partial charge on any atom is -0.298 e. The summed E-state index contributed by atoms with van der Waals surface area (Å²) in [7, 11) is 0. The quantitative estimate of drug-likeness (QED) is 0.663. The molecule has 0 aromatic carbocycles. The number of hydrogen-bond donors (Lipinski definition) is 1. The third-order valence-corrected chi connectivity index (χ3v) is 5.17. The molecule has 1 fully saturated rings. The second-order valence-corrected chi connectivity index (χ2v) is 6.81. The van der Waals surface area contributed by atoms with E-state index in [9.17, 15) is 0 Å². The Morgan fingerprint density at radius 1 is 1.18 bits per heavy atom. The van der Waals surface area contributed by atoms with Gasteiger partial charge in [0.25, 0.3) is 0 Å². The maximum Gasteiger partial charge on any atom is 0.0153 e. The van der Waals surface area contributed by atoms with Crippen LogP contribution in [0.1, 0.15) is 66.2 Å². The molecule has 1 heterocycles. The van der Waals surface area contributed by atoms with Gasteiger partial charge >= 0.3 is 0 Å². The van der Waals surface area contributed by atoms with Crippen LogP contribution in [-0.4, -0.2) is 29.3 Å². The van der Waals surface area contributed by atoms with Crippen molar-refractivity contribution in [3.8, 4) is 0 Å². The molecular formula is C15H31NS. The average Bonchev–Trinajstić information content (AvgIpc) is 2.59. The first kappa shape index (κ1) is 15.4. The average molecular weight is 257 g/mol. The van der Waals surface area contributed by atoms with E-state index < -0.39 is 0 Å². The topological polar surface area (TPSA) is 3.24 Å². The van der Waals surface area contributed by atoms with E-state index in [1.54, 1.807) is 0 Å². The number of rotatable bonds is 7. The van der Waals surface area contributed by atoms with Crippen LogP contribution in [0.2, 0.25) is 0 Å². The first-order valence-electron chi connectivity index (χ1n) is 7.35. The number of hydrogen-bond acceptors (Lipinski definition) is 2. The van der Waals surface area contributed by atoms with Gasteiger partial charge in [-0.3, -0.25) is 4.90 Å². The van der Waals surface area contributed by atoms with Gasteiger partial charge in [0.15, 0.2) is 0 Å². The first-order chi connectivity index (χ1) is 7.99. The van der Waals surface area contributed by atoms with E-state index in [4.69, 9.17) is 0 Å². The summed E-state index contributed by atoms with van der Waals surface area (Å²) in [5.41, 5.74) is 0.865. The van der Waals surface area contributed by atoms with Gasteiger partial charge in [-0.1, -0.05) is 26.7 Å². The fourth-order valence-electron chi connectivity index (χ4n) is 3.41. The molecular weight excluding hydrogens is 226 g/mol. The van der Waals surface area contributed by atoms with Crippen molar-refractivity contribution in [3.63, 3.8) is 0 Å². The Morgan fingerprint density at radius 2 is 1.76 bits per heavy atom. The summed E-state index contributed by atoms with van der Waals surface area (Å²) in [5.74, 6) is 1.04. The van der Waals surface area contributed by atoms with E-state index in [1.807, 2.05) is 0 Å². The van der Waals surface area contributed by atoms with Gasteiger partial charge in [0.2, 0.25) is 0 Å². The molecule has 1 nitrogen and oxygen atoms in total. The van der Waals surface area contributed by atoms with Crippen LogP contribution in [0.15, 0.2) is 0 Å². The zero-order valence-electron chi connectivity index (χ0n) is 12.3. The maximum absolute atomic E-state index is 4.67. The molecule has 0 amide bonds. The molecule has 0 bridgehead atoms. The van der Waals surface area contributed by atoms with Crippen LogP contribution in [-0.2, 0) is 0 Å². The molecule has 0 spiro atoms. The van der Waals surface area contributed by atoms with Crippen LogP contribution in [0.3, 0.4) is 0 Å². The number of likely N-dealkylation sites (tertiary alicyclic amines) is 1. The van der Waals surface area contributed by atoms with Gasteiger partial charge in [-0.05, 0) is 57.2 Å². The monoisotopic (exact) mass is 257 g/mol. The van der Waals surface area contributed by atoms with Crippen LogP contribution in [0.4, 0.5) is 0 Å². The molecule has 1 aliphatic heterocycles. The summed E-state index contributed by atoms with van der Waals surface area (Å²) < 4.78 is 0. The molecule has 0 saturated carbocycles. The molecule has 1 rings (SSSR count). The molecule has 0 unspecified atom stereocenters. The normalized spacial score (nSPS) is 21.0. The summed E-state index contributed by atoms with van der Waals surface area (Å²) in [6.45, 7) is 12.0. The van der Waals surface area contributed by atoms with E-state index in [2.05, 4.69) is 45.2 Å². The minimum atomic E-state index is 0.412. The second-order valence-electron chi connectivity index (χ2n) is 6.50. The smallest absolute Gasteiger partial charge is 0.0153 e. The molecule has 0 N–H and O–H groups in total. The summed E-state index contributed by atoms with van der Waals surface area (Å²) in [5, 5.41) is 0. The lowest BCUT2D eigenvalue weighted by atomic mass is 9.80. The zero-order valence-corrected chi connectivity index (χ0v) is 13.2. The standard InChI is InChI=1S/C15H31NS/c1-5-8-15(13-17,9-6-2)12-16-11-7-10-14(16,3)4/h17H,5-13H2,1-4H3. The third-order valence-electron chi connectivity index (χ3n) is 4.50. The fraction of sp³-hybridized carbons (Fsp3) is 1.00. The molecule has 2 heteroatoms. The third kappa shape index (κ3) is 3.89. The first-order valence-corrected chi connectivity index (χ1v) is 7.99. The summed E-state index contributed by atoms with van der Waals surface area (Å²) in [6.07, 6.45) is 7.96. The van der Waals surface area contributed by atoms with Crippen molar-refractivity contribution in [2.75, 3.05) is 18.8 Å². The van der Waals surface area contributed by atoms with Crippen LogP contribution >= 0.6 is 12.6 Å². The van der Waals surface area contributed by atoms with Crippen molar-refractivity contribution in [2.45, 2.75) is 71.8 Å². The Morgan fingerprint density at radius 3 is 2.12 bits per heavy atom. The van der Waals surface area contributed by atoms with E-state index in [-0.39, 0.29) is 0 Å². The maximum atomic E-state index is 4.67. The molecule has 0 aromatic rings. The van der Waals surface area contributed by atoms with Gasteiger partial charge in [-0.15, -0.1) is 0 Å². The van der Waals surface area contributed by atoms with Crippen LogP contribution < -0.4 is 0 Å². The lowest BCUT2D eigenvalue weighted by Crippen LogP contribution is -2.46. The molecule has 1 saturated heterocycles. The largest absolute Gasteiger partial charge is 0.298 e. The minimum absolute atomic E-state index is 0.412. The van der Waals surface area contributed by atoms with Crippen molar-refractivity contribution >= 4 is 12.6 Å². The van der Waals surface area contributed by atoms with Crippen molar-refractivity contribution in [1.82, 2.24) is 4.90 Å². The summed E-state index contributed by atoms with van der Waals surface area (Å²) in [6, 6.07) is 0. The van der Waals surface area contributed by atoms with Gasteiger partial charge in [0.1, 0.15) is 0 Å². The predicted octanol–water partition coefficient (Wildman–Crippen LogP) is 4.38. The fourth-order valence-corrected chi connectivity index (χ4v) is 3.83. The molecule has 102 valence electrons. The Labute approximate surface area is 114 Å². The predicted molar refractivity (Wildman–Crippen MR) is 81.0 cm³/mol. The summed E-state index contributed by atoms with van der Waals surface area (Å²) in [4.78, 5) is 2.72. The van der Waals surface area contributed by atoms with Crippen LogP contribution in [0.25, 0.3) is 0 Å². The Balaban J connectivity index is 2.70. The van der Waals surface area contributed by atoms with Gasteiger partial charge in [-0.25, -0.2) is 0 Å². The highest BCUT2D eigenvalue weighted by molar-refractivity contribution is 7.80. The molecule has 0 aromatic heterocycles. The van der Waals surface area contributed by atoms with Crippen LogP contribution in [0, 0.1) is 5.41 Å². The van der Waals surface area contributed by atoms with Gasteiger partial charge in [0.05, 0.1) is 0 Å². The number of thiol groups is 1. The van der Waals surface area contributed by atoms with Gasteiger partial charge in [0, 0.05) is 12.1 Å². The highest BCUT2D eigenvalue weighted by atomic mass is 32.1. The van der Waals surface area contributed by atoms with Gasteiger partial charge < -0.3 is 0 Å². The highest BCUT2D eigenvalue weighted by Gasteiger charge is 2.37. The number of nitrogens with zero attached hydrogens (tertiary/aromatic N) is 1. The van der Waals surface area contributed by atoms with E-state index in [0.717, 1.165) is 5.75 Å². The molecule has 17 heavy (non-hydrogen) atoms. The lowest BCUT2D eigenvalue weighted by molar-refractivity contribution is 0.0945. The van der Waals surface area contributed by atoms with E-state index in [1.165, 1.54) is 51.6 Å². The lowest BCUT2D eigenvalue weighted by Gasteiger charge is -2.41. The molecule has 0 aliphatic carbocycles. The SMILES string of the molecule is CCCC(CS)(CCC)CN1CCCC1(C)C. The molecule has 0 atom stereocenters. The Kier molecular flexibility index (Phi) is 5.85. The molecule has 0 radical (unpaired) electrons. The van der Waals surface area contributed by atoms with Crippen molar-refractivity contribution < 1.29 is 0 Å². The van der Waals surface area contributed by atoms with Crippen molar-refractivity contribution in [1.29, 1.82) is 0 Å². The summed E-state index contributed by atoms with van der Waals surface area (Å²) >= 11 is 4.67. The second kappa shape index (κ2) is 6.47. The van der Waals surface area contributed by atoms with Crippen molar-refractivity contribution in [3.05, 3.63) is 0 Å². The highest BCUT2D eigenvalue weighted by Crippen LogP contribution is 2.37. The zero-order chi connectivity index (χ0) is 12.9. The Bertz CT molecular complexity index is 219. The van der Waals surface area contributed by atoms with E-state index >= 15 is 0 Å².